The summed E-state index contributed by atoms with van der Waals surface area (Å²) in [6.45, 7) is 2.74. The molecule has 158 valence electrons. The highest BCUT2D eigenvalue weighted by molar-refractivity contribution is 7.91. The first-order valence-electron chi connectivity index (χ1n) is 9.75. The van der Waals surface area contributed by atoms with Gasteiger partial charge in [-0.2, -0.15) is 4.31 Å². The summed E-state index contributed by atoms with van der Waals surface area (Å²) in [6, 6.07) is 7.56. The number of thiophene rings is 1. The number of aromatic nitrogens is 1. The smallest absolute Gasteiger partial charge is 0.252 e. The summed E-state index contributed by atoms with van der Waals surface area (Å²) in [5.41, 5.74) is 1.24. The fourth-order valence-corrected chi connectivity index (χ4v) is 7.25. The van der Waals surface area contributed by atoms with Gasteiger partial charge in [0.25, 0.3) is 10.0 Å². The maximum Gasteiger partial charge on any atom is 0.252 e. The molecule has 2 aliphatic heterocycles. The Labute approximate surface area is 180 Å². The zero-order valence-electron chi connectivity index (χ0n) is 16.3. The lowest BCUT2D eigenvalue weighted by atomic mass is 10.1. The molecular weight excluding hydrogens is 432 g/mol. The van der Waals surface area contributed by atoms with Gasteiger partial charge in [-0.3, -0.25) is 9.69 Å². The van der Waals surface area contributed by atoms with Crippen LogP contribution in [-0.4, -0.2) is 72.3 Å². The molecule has 0 saturated carbocycles. The molecular formula is C19H25ClN4O3S2. The highest BCUT2D eigenvalue weighted by atomic mass is 35.5. The Morgan fingerprint density at radius 1 is 1.17 bits per heavy atom. The molecule has 2 aromatic rings. The van der Waals surface area contributed by atoms with Crippen molar-refractivity contribution in [3.05, 3.63) is 40.5 Å². The second-order valence-electron chi connectivity index (χ2n) is 7.52. The van der Waals surface area contributed by atoms with Crippen molar-refractivity contribution >= 4 is 38.9 Å². The fourth-order valence-electron chi connectivity index (χ4n) is 4.19. The maximum absolute atomic E-state index is 12.9. The number of carbonyl (C=O) groups excluding carboxylic acids is 1. The number of likely N-dealkylation sites (tertiary alicyclic amines) is 1. The van der Waals surface area contributed by atoms with Crippen molar-refractivity contribution in [3.8, 4) is 0 Å². The Balaban J connectivity index is 1.35. The maximum atomic E-state index is 12.9. The molecule has 4 heterocycles. The summed E-state index contributed by atoms with van der Waals surface area (Å²) in [5, 5.41) is 0. The third kappa shape index (κ3) is 4.25. The van der Waals surface area contributed by atoms with E-state index >= 15 is 0 Å². The third-order valence-electron chi connectivity index (χ3n) is 5.76. The van der Waals surface area contributed by atoms with Gasteiger partial charge in [0, 0.05) is 45.1 Å². The van der Waals surface area contributed by atoms with E-state index in [1.165, 1.54) is 16.1 Å². The van der Waals surface area contributed by atoms with E-state index in [0.29, 0.717) is 37.1 Å². The van der Waals surface area contributed by atoms with Crippen molar-refractivity contribution in [2.75, 3.05) is 39.3 Å². The molecule has 1 atom stereocenters. The first-order valence-corrected chi connectivity index (χ1v) is 12.4. The molecule has 0 unspecified atom stereocenters. The molecule has 0 aliphatic carbocycles. The van der Waals surface area contributed by atoms with E-state index in [-0.39, 0.29) is 16.2 Å². The van der Waals surface area contributed by atoms with Crippen LogP contribution in [0.3, 0.4) is 0 Å². The number of amides is 1. The van der Waals surface area contributed by atoms with Gasteiger partial charge in [0.2, 0.25) is 5.91 Å². The summed E-state index contributed by atoms with van der Waals surface area (Å²) in [5.74, 6) is 0.0716. The van der Waals surface area contributed by atoms with Crippen LogP contribution in [0.5, 0.6) is 0 Å². The molecule has 2 saturated heterocycles. The van der Waals surface area contributed by atoms with Crippen LogP contribution in [-0.2, 0) is 21.9 Å². The van der Waals surface area contributed by atoms with Crippen LogP contribution >= 0.6 is 22.9 Å². The normalized spacial score (nSPS) is 21.7. The number of hydrogen-bond donors (Lipinski definition) is 0. The standard InChI is InChI=1S/C19H25ClN4O3S2/c1-21-8-2-4-15(21)16-5-3-9-23(16)14-18(25)22-10-12-24(13-11-22)29(26,27)19-7-6-17(20)28-19/h2,4,6-8,16H,3,5,9-14H2,1H3/t16-/m1/s1. The molecule has 0 spiro atoms. The minimum Gasteiger partial charge on any atom is -0.353 e. The topological polar surface area (TPSA) is 65.9 Å². The fraction of sp³-hybridized carbons (Fsp3) is 0.526. The van der Waals surface area contributed by atoms with E-state index in [4.69, 9.17) is 11.6 Å². The second-order valence-corrected chi connectivity index (χ2v) is 11.4. The van der Waals surface area contributed by atoms with Gasteiger partial charge in [0.05, 0.1) is 16.9 Å². The Morgan fingerprint density at radius 2 is 1.93 bits per heavy atom. The molecule has 2 fully saturated rings. The average Bonchev–Trinajstić information content (AvgIpc) is 3.43. The van der Waals surface area contributed by atoms with Crippen LogP contribution < -0.4 is 0 Å². The molecule has 0 bridgehead atoms. The van der Waals surface area contributed by atoms with Crippen molar-refractivity contribution in [3.63, 3.8) is 0 Å². The first-order chi connectivity index (χ1) is 13.9. The Morgan fingerprint density at radius 3 is 2.55 bits per heavy atom. The van der Waals surface area contributed by atoms with Crippen molar-refractivity contribution in [2.24, 2.45) is 7.05 Å². The Hall–Kier alpha value is -1.39. The molecule has 0 N–H and O–H groups in total. The molecule has 2 aliphatic rings. The number of rotatable bonds is 5. The average molecular weight is 457 g/mol. The summed E-state index contributed by atoms with van der Waals surface area (Å²) >= 11 is 6.95. The summed E-state index contributed by atoms with van der Waals surface area (Å²) in [6.07, 6.45) is 4.17. The number of hydrogen-bond acceptors (Lipinski definition) is 5. The van der Waals surface area contributed by atoms with Crippen molar-refractivity contribution in [2.45, 2.75) is 23.1 Å². The van der Waals surface area contributed by atoms with E-state index in [1.807, 2.05) is 19.3 Å². The number of aryl methyl sites for hydroxylation is 1. The van der Waals surface area contributed by atoms with Crippen LogP contribution in [0.2, 0.25) is 4.34 Å². The molecule has 1 amide bonds. The van der Waals surface area contributed by atoms with Gasteiger partial charge in [0.1, 0.15) is 4.21 Å². The monoisotopic (exact) mass is 456 g/mol. The van der Waals surface area contributed by atoms with Crippen LogP contribution in [0.25, 0.3) is 0 Å². The first kappa shape index (κ1) is 20.9. The quantitative estimate of drug-likeness (QED) is 0.693. The molecule has 4 rings (SSSR count). The van der Waals surface area contributed by atoms with Crippen LogP contribution in [0.1, 0.15) is 24.6 Å². The van der Waals surface area contributed by atoms with Crippen LogP contribution in [0.4, 0.5) is 0 Å². The summed E-state index contributed by atoms with van der Waals surface area (Å²) in [7, 11) is -1.50. The lowest BCUT2D eigenvalue weighted by molar-refractivity contribution is -0.133. The van der Waals surface area contributed by atoms with Gasteiger partial charge in [0.15, 0.2) is 0 Å². The predicted octanol–water partition coefficient (Wildman–Crippen LogP) is 2.41. The lowest BCUT2D eigenvalue weighted by Crippen LogP contribution is -2.52. The third-order valence-corrected chi connectivity index (χ3v) is 9.36. The zero-order chi connectivity index (χ0) is 20.6. The molecule has 10 heteroatoms. The van der Waals surface area contributed by atoms with E-state index in [2.05, 4.69) is 15.5 Å². The predicted molar refractivity (Wildman–Crippen MR) is 114 cm³/mol. The zero-order valence-corrected chi connectivity index (χ0v) is 18.7. The van der Waals surface area contributed by atoms with Crippen LogP contribution in [0.15, 0.2) is 34.7 Å². The van der Waals surface area contributed by atoms with Gasteiger partial charge in [-0.1, -0.05) is 11.6 Å². The lowest BCUT2D eigenvalue weighted by Gasteiger charge is -2.35. The van der Waals surface area contributed by atoms with E-state index in [9.17, 15) is 13.2 Å². The van der Waals surface area contributed by atoms with Gasteiger partial charge in [-0.25, -0.2) is 8.42 Å². The SMILES string of the molecule is Cn1cccc1[C@H]1CCCN1CC(=O)N1CCN(S(=O)(=O)c2ccc(Cl)s2)CC1. The molecule has 29 heavy (non-hydrogen) atoms. The largest absolute Gasteiger partial charge is 0.353 e. The summed E-state index contributed by atoms with van der Waals surface area (Å²) in [4.78, 5) is 16.9. The number of halogens is 1. The van der Waals surface area contributed by atoms with Gasteiger partial charge >= 0.3 is 0 Å². The Bertz CT molecular complexity index is 979. The molecule has 2 aromatic heterocycles. The minimum absolute atomic E-state index is 0.0716. The van der Waals surface area contributed by atoms with Crippen LogP contribution in [0, 0.1) is 0 Å². The molecule has 7 nitrogen and oxygen atoms in total. The van der Waals surface area contributed by atoms with Gasteiger partial charge < -0.3 is 9.47 Å². The van der Waals surface area contributed by atoms with Crippen molar-refractivity contribution in [1.29, 1.82) is 0 Å². The number of piperazine rings is 1. The number of sulfonamides is 1. The highest BCUT2D eigenvalue weighted by Gasteiger charge is 2.34. The van der Waals surface area contributed by atoms with Gasteiger partial charge in [-0.05, 0) is 43.7 Å². The van der Waals surface area contributed by atoms with Crippen molar-refractivity contribution < 1.29 is 13.2 Å². The number of carbonyl (C=O) groups is 1. The van der Waals surface area contributed by atoms with E-state index < -0.39 is 10.0 Å². The molecule has 0 aromatic carbocycles. The van der Waals surface area contributed by atoms with Gasteiger partial charge in [-0.15, -0.1) is 11.3 Å². The molecule has 0 radical (unpaired) electrons. The van der Waals surface area contributed by atoms with E-state index in [0.717, 1.165) is 30.7 Å². The number of nitrogens with zero attached hydrogens (tertiary/aromatic N) is 4. The minimum atomic E-state index is -3.54. The van der Waals surface area contributed by atoms with Crippen molar-refractivity contribution in [1.82, 2.24) is 18.7 Å². The second kappa shape index (κ2) is 8.39. The Kier molecular flexibility index (Phi) is 6.04. The van der Waals surface area contributed by atoms with E-state index in [1.54, 1.807) is 11.0 Å². The highest BCUT2D eigenvalue weighted by Crippen LogP contribution is 2.32. The summed E-state index contributed by atoms with van der Waals surface area (Å²) < 4.78 is 29.7.